The number of likely N-dealkylation sites (N-methyl/N-ethyl adjacent to an activating group) is 1. The van der Waals surface area contributed by atoms with Gasteiger partial charge in [-0.2, -0.15) is 0 Å². The van der Waals surface area contributed by atoms with Gasteiger partial charge in [-0.15, -0.1) is 0 Å². The number of benzene rings is 2. The fraction of sp³-hybridized carbons (Fsp3) is 0.400. The summed E-state index contributed by atoms with van der Waals surface area (Å²) in [7, 11) is 2.23. The summed E-state index contributed by atoms with van der Waals surface area (Å²) < 4.78 is 2.39. The summed E-state index contributed by atoms with van der Waals surface area (Å²) in [4.78, 5) is 14.2. The highest BCUT2D eigenvalue weighted by atomic mass is 15.3. The van der Waals surface area contributed by atoms with Crippen LogP contribution < -0.4 is 5.73 Å². The molecule has 36 heavy (non-hydrogen) atoms. The Labute approximate surface area is 213 Å². The lowest BCUT2D eigenvalue weighted by molar-refractivity contribution is 0.0828. The number of piperazine rings is 1. The Hall–Kier alpha value is -3.22. The van der Waals surface area contributed by atoms with Gasteiger partial charge < -0.3 is 15.2 Å². The van der Waals surface area contributed by atoms with Crippen molar-refractivity contribution < 1.29 is 0 Å². The largest absolute Gasteiger partial charge is 0.383 e. The molecular weight excluding hydrogens is 444 g/mol. The maximum atomic E-state index is 6.43. The number of nitrogens with two attached hydrogens (primary N) is 1. The average Bonchev–Trinajstić information content (AvgIpc) is 3.31. The summed E-state index contributed by atoms with van der Waals surface area (Å²) >= 11 is 0. The Morgan fingerprint density at radius 2 is 1.47 bits per heavy atom. The zero-order valence-electron chi connectivity index (χ0n) is 21.2. The van der Waals surface area contributed by atoms with E-state index in [1.54, 1.807) is 6.33 Å². The number of hydrogen-bond donors (Lipinski definition) is 1. The second-order valence-corrected chi connectivity index (χ2v) is 10.6. The molecule has 1 aliphatic heterocycles. The van der Waals surface area contributed by atoms with Crippen molar-refractivity contribution in [3.63, 3.8) is 0 Å². The highest BCUT2D eigenvalue weighted by Crippen LogP contribution is 2.39. The van der Waals surface area contributed by atoms with Crippen molar-refractivity contribution in [2.24, 2.45) is 0 Å². The lowest BCUT2D eigenvalue weighted by Crippen LogP contribution is -2.49. The first-order chi connectivity index (χ1) is 17.7. The minimum absolute atomic E-state index is 0.455. The van der Waals surface area contributed by atoms with Crippen molar-refractivity contribution in [1.82, 2.24) is 24.3 Å². The molecule has 6 rings (SSSR count). The van der Waals surface area contributed by atoms with E-state index < -0.39 is 0 Å². The first-order valence-corrected chi connectivity index (χ1v) is 13.3. The molecule has 6 nitrogen and oxygen atoms in total. The Kier molecular flexibility index (Phi) is 6.46. The van der Waals surface area contributed by atoms with Gasteiger partial charge in [0.25, 0.3) is 0 Å². The fourth-order valence-corrected chi connectivity index (χ4v) is 6.13. The van der Waals surface area contributed by atoms with E-state index >= 15 is 0 Å². The van der Waals surface area contributed by atoms with Crippen molar-refractivity contribution >= 4 is 16.9 Å². The number of rotatable bonds is 5. The van der Waals surface area contributed by atoms with Crippen LogP contribution in [-0.2, 0) is 6.42 Å². The van der Waals surface area contributed by atoms with Crippen LogP contribution in [0.5, 0.6) is 0 Å². The standard InChI is InChI=1S/C30H36N6/c1-34-15-17-35(18-16-34)25-11-13-26(14-12-25)36-20-27(28-29(31)32-21-33-30(28)36)24-9-7-23(8-10-24)19-22-5-3-2-4-6-22/h2-10,20-21,25-26H,11-19H2,1H3,(H2,31,32,33). The maximum absolute atomic E-state index is 6.43. The molecule has 3 heterocycles. The van der Waals surface area contributed by atoms with E-state index in [-0.39, 0.29) is 0 Å². The maximum Gasteiger partial charge on any atom is 0.146 e. The van der Waals surface area contributed by atoms with Gasteiger partial charge in [0, 0.05) is 50.0 Å². The summed E-state index contributed by atoms with van der Waals surface area (Å²) in [5.41, 5.74) is 12.3. The lowest BCUT2D eigenvalue weighted by atomic mass is 9.89. The molecule has 0 amide bonds. The molecule has 2 aliphatic rings. The molecule has 2 N–H and O–H groups in total. The predicted octanol–water partition coefficient (Wildman–Crippen LogP) is 5.00. The molecule has 186 valence electrons. The van der Waals surface area contributed by atoms with Crippen LogP contribution in [0.3, 0.4) is 0 Å². The third kappa shape index (κ3) is 4.63. The van der Waals surface area contributed by atoms with Gasteiger partial charge in [-0.05, 0) is 55.8 Å². The minimum Gasteiger partial charge on any atom is -0.383 e. The highest BCUT2D eigenvalue weighted by Gasteiger charge is 2.29. The van der Waals surface area contributed by atoms with Gasteiger partial charge in [0.15, 0.2) is 0 Å². The fourth-order valence-electron chi connectivity index (χ4n) is 6.13. The molecule has 4 aromatic rings. The zero-order valence-corrected chi connectivity index (χ0v) is 21.2. The smallest absolute Gasteiger partial charge is 0.146 e. The molecule has 1 saturated heterocycles. The van der Waals surface area contributed by atoms with Gasteiger partial charge in [-0.25, -0.2) is 9.97 Å². The molecule has 0 atom stereocenters. The molecular formula is C30H36N6. The minimum atomic E-state index is 0.455. The Morgan fingerprint density at radius 3 is 2.19 bits per heavy atom. The molecule has 0 radical (unpaired) electrons. The molecule has 0 bridgehead atoms. The summed E-state index contributed by atoms with van der Waals surface area (Å²) in [6, 6.07) is 20.7. The van der Waals surface area contributed by atoms with Crippen LogP contribution >= 0.6 is 0 Å². The Bertz CT molecular complexity index is 1300. The molecule has 2 aromatic carbocycles. The highest BCUT2D eigenvalue weighted by molar-refractivity contribution is 6.00. The third-order valence-corrected chi connectivity index (χ3v) is 8.27. The molecule has 2 aromatic heterocycles. The second kappa shape index (κ2) is 10.0. The van der Waals surface area contributed by atoms with E-state index in [2.05, 4.69) is 87.2 Å². The normalized spacial score (nSPS) is 21.7. The number of nitrogens with zero attached hydrogens (tertiary/aromatic N) is 5. The molecule has 1 saturated carbocycles. The van der Waals surface area contributed by atoms with Gasteiger partial charge in [0.1, 0.15) is 17.8 Å². The third-order valence-electron chi connectivity index (χ3n) is 8.27. The Balaban J connectivity index is 1.24. The van der Waals surface area contributed by atoms with Crippen LogP contribution in [0.1, 0.15) is 42.9 Å². The SMILES string of the molecule is CN1CCN(C2CCC(n3cc(-c4ccc(Cc5ccccc5)cc4)c4c(N)ncnc43)CC2)CC1. The predicted molar refractivity (Wildman–Crippen MR) is 147 cm³/mol. The summed E-state index contributed by atoms with van der Waals surface area (Å²) in [5.74, 6) is 0.563. The first kappa shape index (κ1) is 23.2. The second-order valence-electron chi connectivity index (χ2n) is 10.6. The van der Waals surface area contributed by atoms with Crippen molar-refractivity contribution in [2.45, 2.75) is 44.2 Å². The van der Waals surface area contributed by atoms with Crippen LogP contribution in [-0.4, -0.2) is 63.6 Å². The average molecular weight is 481 g/mol. The summed E-state index contributed by atoms with van der Waals surface area (Å²) in [5, 5.41) is 0.981. The molecule has 2 fully saturated rings. The van der Waals surface area contributed by atoms with E-state index in [1.165, 1.54) is 68.6 Å². The number of anilines is 1. The topological polar surface area (TPSA) is 63.2 Å². The number of nitrogen functional groups attached to an aromatic ring is 1. The van der Waals surface area contributed by atoms with Crippen LogP contribution in [0.4, 0.5) is 5.82 Å². The number of hydrogen-bond acceptors (Lipinski definition) is 5. The van der Waals surface area contributed by atoms with Crippen molar-refractivity contribution in [3.8, 4) is 11.1 Å². The van der Waals surface area contributed by atoms with Gasteiger partial charge in [0.05, 0.1) is 5.39 Å². The van der Waals surface area contributed by atoms with E-state index in [1.807, 2.05) is 0 Å². The van der Waals surface area contributed by atoms with Gasteiger partial charge in [-0.1, -0.05) is 54.6 Å². The van der Waals surface area contributed by atoms with Gasteiger partial charge in [-0.3, -0.25) is 4.90 Å². The van der Waals surface area contributed by atoms with Crippen LogP contribution in [0.2, 0.25) is 0 Å². The van der Waals surface area contributed by atoms with Crippen LogP contribution in [0, 0.1) is 0 Å². The summed E-state index contributed by atoms with van der Waals surface area (Å²) in [6.45, 7) is 4.77. The number of aromatic nitrogens is 3. The zero-order chi connectivity index (χ0) is 24.5. The molecule has 1 aliphatic carbocycles. The van der Waals surface area contributed by atoms with Crippen molar-refractivity contribution in [1.29, 1.82) is 0 Å². The number of fused-ring (bicyclic) bond motifs is 1. The molecule has 6 heteroatoms. The van der Waals surface area contributed by atoms with Crippen LogP contribution in [0.15, 0.2) is 67.1 Å². The van der Waals surface area contributed by atoms with E-state index in [4.69, 9.17) is 10.7 Å². The Morgan fingerprint density at radius 1 is 0.806 bits per heavy atom. The van der Waals surface area contributed by atoms with Gasteiger partial charge >= 0.3 is 0 Å². The molecule has 0 spiro atoms. The summed E-state index contributed by atoms with van der Waals surface area (Å²) in [6.07, 6.45) is 9.68. The lowest BCUT2D eigenvalue weighted by Gasteiger charge is -2.41. The van der Waals surface area contributed by atoms with E-state index in [0.29, 0.717) is 17.9 Å². The van der Waals surface area contributed by atoms with Crippen molar-refractivity contribution in [2.75, 3.05) is 39.0 Å². The first-order valence-electron chi connectivity index (χ1n) is 13.3. The van der Waals surface area contributed by atoms with Crippen LogP contribution in [0.25, 0.3) is 22.2 Å². The monoisotopic (exact) mass is 480 g/mol. The van der Waals surface area contributed by atoms with Gasteiger partial charge in [0.2, 0.25) is 0 Å². The molecule has 0 unspecified atom stereocenters. The van der Waals surface area contributed by atoms with E-state index in [0.717, 1.165) is 23.0 Å². The quantitative estimate of drug-likeness (QED) is 0.435. The van der Waals surface area contributed by atoms with Crippen molar-refractivity contribution in [3.05, 3.63) is 78.2 Å². The van der Waals surface area contributed by atoms with E-state index in [9.17, 15) is 0 Å².